The highest BCUT2D eigenvalue weighted by atomic mass is 79.9. The number of methoxy groups -OCH3 is 1. The van der Waals surface area contributed by atoms with Gasteiger partial charge < -0.3 is 19.9 Å². The summed E-state index contributed by atoms with van der Waals surface area (Å²) in [6.07, 6.45) is 0. The first-order valence-electron chi connectivity index (χ1n) is 9.78. The topological polar surface area (TPSA) is 61.9 Å². The minimum Gasteiger partial charge on any atom is -0.496 e. The van der Waals surface area contributed by atoms with Gasteiger partial charge in [0.05, 0.1) is 22.3 Å². The van der Waals surface area contributed by atoms with E-state index >= 15 is 0 Å². The van der Waals surface area contributed by atoms with Crippen LogP contribution in [-0.2, 0) is 4.79 Å². The average Bonchev–Trinajstić information content (AvgIpc) is 2.73. The second-order valence-electron chi connectivity index (χ2n) is 7.44. The summed E-state index contributed by atoms with van der Waals surface area (Å²) in [7, 11) is 1.57. The van der Waals surface area contributed by atoms with Crippen LogP contribution in [0, 0.1) is 5.92 Å². The van der Waals surface area contributed by atoms with Crippen molar-refractivity contribution < 1.29 is 14.3 Å². The molecule has 2 aromatic carbocycles. The van der Waals surface area contributed by atoms with Gasteiger partial charge in [0, 0.05) is 43.3 Å². The molecule has 8 heteroatoms. The smallest absolute Gasteiger partial charge is 0.255 e. The molecule has 160 valence electrons. The van der Waals surface area contributed by atoms with Crippen molar-refractivity contribution in [2.75, 3.05) is 43.5 Å². The first-order valence-corrected chi connectivity index (χ1v) is 11.0. The molecule has 6 nitrogen and oxygen atoms in total. The van der Waals surface area contributed by atoms with Gasteiger partial charge in [0.2, 0.25) is 5.91 Å². The van der Waals surface area contributed by atoms with Crippen LogP contribution in [0.5, 0.6) is 5.75 Å². The minimum atomic E-state index is -0.233. The van der Waals surface area contributed by atoms with Gasteiger partial charge in [0.1, 0.15) is 5.75 Å². The Labute approximate surface area is 190 Å². The zero-order valence-electron chi connectivity index (χ0n) is 17.2. The van der Waals surface area contributed by atoms with Crippen molar-refractivity contribution in [3.8, 4) is 5.75 Å². The largest absolute Gasteiger partial charge is 0.496 e. The summed E-state index contributed by atoms with van der Waals surface area (Å²) in [5, 5.41) is 3.43. The lowest BCUT2D eigenvalue weighted by Gasteiger charge is -2.37. The maximum atomic E-state index is 12.6. The van der Waals surface area contributed by atoms with E-state index < -0.39 is 0 Å². The lowest BCUT2D eigenvalue weighted by molar-refractivity contribution is -0.134. The average molecular weight is 495 g/mol. The van der Waals surface area contributed by atoms with E-state index in [2.05, 4.69) is 26.1 Å². The predicted octanol–water partition coefficient (Wildman–Crippen LogP) is 4.67. The van der Waals surface area contributed by atoms with Crippen LogP contribution in [0.3, 0.4) is 0 Å². The second-order valence-corrected chi connectivity index (χ2v) is 8.70. The summed E-state index contributed by atoms with van der Waals surface area (Å²) in [6.45, 7) is 6.65. The number of hydrogen-bond donors (Lipinski definition) is 1. The van der Waals surface area contributed by atoms with Gasteiger partial charge >= 0.3 is 0 Å². The number of piperazine rings is 1. The number of rotatable bonds is 5. The van der Waals surface area contributed by atoms with Crippen LogP contribution in [0.1, 0.15) is 24.2 Å². The molecule has 30 heavy (non-hydrogen) atoms. The van der Waals surface area contributed by atoms with Crippen LogP contribution in [0.4, 0.5) is 11.4 Å². The van der Waals surface area contributed by atoms with Crippen LogP contribution < -0.4 is 15.0 Å². The molecule has 1 saturated heterocycles. The SMILES string of the molecule is COc1ccc(C(=O)Nc2ccc(N3CCN(C(=O)C(C)C)CC3)c(Cl)c2)cc1Br. The summed E-state index contributed by atoms with van der Waals surface area (Å²) in [4.78, 5) is 28.8. The van der Waals surface area contributed by atoms with Crippen LogP contribution >= 0.6 is 27.5 Å². The summed E-state index contributed by atoms with van der Waals surface area (Å²) < 4.78 is 5.90. The van der Waals surface area contributed by atoms with Crippen molar-refractivity contribution >= 4 is 50.7 Å². The maximum Gasteiger partial charge on any atom is 0.255 e. The fourth-order valence-electron chi connectivity index (χ4n) is 3.38. The van der Waals surface area contributed by atoms with Gasteiger partial charge in [0.25, 0.3) is 5.91 Å². The molecule has 1 aliphatic heterocycles. The Kier molecular flexibility index (Phi) is 7.26. The summed E-state index contributed by atoms with van der Waals surface area (Å²) in [5.41, 5.74) is 2.03. The molecule has 1 N–H and O–H groups in total. The van der Waals surface area contributed by atoms with Crippen molar-refractivity contribution in [3.05, 3.63) is 51.5 Å². The van der Waals surface area contributed by atoms with E-state index in [-0.39, 0.29) is 17.7 Å². The van der Waals surface area contributed by atoms with Crippen LogP contribution in [0.15, 0.2) is 40.9 Å². The molecule has 0 spiro atoms. The molecule has 0 saturated carbocycles. The summed E-state index contributed by atoms with van der Waals surface area (Å²) in [5.74, 6) is 0.621. The van der Waals surface area contributed by atoms with Crippen LogP contribution in [0.25, 0.3) is 0 Å². The van der Waals surface area contributed by atoms with Gasteiger partial charge in [-0.2, -0.15) is 0 Å². The third-order valence-electron chi connectivity index (χ3n) is 5.05. The van der Waals surface area contributed by atoms with E-state index in [0.717, 1.165) is 18.8 Å². The monoisotopic (exact) mass is 493 g/mol. The number of anilines is 2. The number of amides is 2. The number of ether oxygens (including phenoxy) is 1. The number of nitrogens with zero attached hydrogens (tertiary/aromatic N) is 2. The Morgan fingerprint density at radius 3 is 2.37 bits per heavy atom. The molecule has 2 aromatic rings. The van der Waals surface area contributed by atoms with Crippen molar-refractivity contribution in [2.24, 2.45) is 5.92 Å². The van der Waals surface area contributed by atoms with Gasteiger partial charge in [-0.15, -0.1) is 0 Å². The number of nitrogens with one attached hydrogen (secondary N) is 1. The Bertz CT molecular complexity index is 943. The van der Waals surface area contributed by atoms with Crippen molar-refractivity contribution in [2.45, 2.75) is 13.8 Å². The maximum absolute atomic E-state index is 12.6. The summed E-state index contributed by atoms with van der Waals surface area (Å²) >= 11 is 9.90. The first kappa shape index (κ1) is 22.4. The molecule has 0 atom stereocenters. The number of carbonyl (C=O) groups is 2. The fraction of sp³-hybridized carbons (Fsp3) is 0.364. The molecule has 1 aliphatic rings. The quantitative estimate of drug-likeness (QED) is 0.656. The number of hydrogen-bond acceptors (Lipinski definition) is 4. The zero-order valence-corrected chi connectivity index (χ0v) is 19.6. The molecule has 0 radical (unpaired) electrons. The predicted molar refractivity (Wildman–Crippen MR) is 124 cm³/mol. The third-order valence-corrected chi connectivity index (χ3v) is 5.97. The van der Waals surface area contributed by atoms with Crippen molar-refractivity contribution in [3.63, 3.8) is 0 Å². The van der Waals surface area contributed by atoms with E-state index in [1.165, 1.54) is 0 Å². The Morgan fingerprint density at radius 2 is 1.80 bits per heavy atom. The minimum absolute atomic E-state index is 0.00866. The Balaban J connectivity index is 1.65. The molecule has 0 unspecified atom stereocenters. The normalized spacial score (nSPS) is 14.1. The molecule has 2 amide bonds. The van der Waals surface area contributed by atoms with Gasteiger partial charge in [0.15, 0.2) is 0 Å². The van der Waals surface area contributed by atoms with Gasteiger partial charge in [-0.1, -0.05) is 25.4 Å². The van der Waals surface area contributed by atoms with Crippen LogP contribution in [0.2, 0.25) is 5.02 Å². The molecular weight excluding hydrogens is 470 g/mol. The molecule has 0 bridgehead atoms. The van der Waals surface area contributed by atoms with Gasteiger partial charge in [-0.05, 0) is 52.3 Å². The second kappa shape index (κ2) is 9.71. The highest BCUT2D eigenvalue weighted by molar-refractivity contribution is 9.10. The molecule has 1 fully saturated rings. The highest BCUT2D eigenvalue weighted by Gasteiger charge is 2.24. The lowest BCUT2D eigenvalue weighted by atomic mass is 10.1. The third kappa shape index (κ3) is 5.08. The molecule has 0 aliphatic carbocycles. The molecule has 3 rings (SSSR count). The fourth-order valence-corrected chi connectivity index (χ4v) is 4.23. The van der Waals surface area contributed by atoms with Gasteiger partial charge in [-0.3, -0.25) is 9.59 Å². The lowest BCUT2D eigenvalue weighted by Crippen LogP contribution is -2.50. The molecule has 0 aromatic heterocycles. The van der Waals surface area contributed by atoms with Gasteiger partial charge in [-0.25, -0.2) is 0 Å². The number of benzene rings is 2. The van der Waals surface area contributed by atoms with E-state index in [4.69, 9.17) is 16.3 Å². The molecular formula is C22H25BrClN3O3. The zero-order chi connectivity index (χ0) is 21.8. The van der Waals surface area contributed by atoms with Crippen molar-refractivity contribution in [1.82, 2.24) is 4.90 Å². The van der Waals surface area contributed by atoms with E-state index in [1.807, 2.05) is 30.9 Å². The first-order chi connectivity index (χ1) is 14.3. The van der Waals surface area contributed by atoms with E-state index in [9.17, 15) is 9.59 Å². The van der Waals surface area contributed by atoms with E-state index in [0.29, 0.717) is 39.6 Å². The van der Waals surface area contributed by atoms with E-state index in [1.54, 1.807) is 31.4 Å². The molecule has 1 heterocycles. The highest BCUT2D eigenvalue weighted by Crippen LogP contribution is 2.31. The van der Waals surface area contributed by atoms with Crippen LogP contribution in [-0.4, -0.2) is 50.0 Å². The summed E-state index contributed by atoms with van der Waals surface area (Å²) in [6, 6.07) is 10.6. The number of halogens is 2. The Hall–Kier alpha value is -2.25. The van der Waals surface area contributed by atoms with Crippen molar-refractivity contribution in [1.29, 1.82) is 0 Å². The standard InChI is InChI=1S/C22H25BrClN3O3/c1-14(2)22(29)27-10-8-26(9-11-27)19-6-5-16(13-18(19)24)25-21(28)15-4-7-20(30-3)17(23)12-15/h4-7,12-14H,8-11H2,1-3H3,(H,25,28). The number of carbonyl (C=O) groups excluding carboxylic acids is 2. The Morgan fingerprint density at radius 1 is 1.10 bits per heavy atom.